The van der Waals surface area contributed by atoms with E-state index in [1.807, 2.05) is 29.0 Å². The number of pyridine rings is 1. The Morgan fingerprint density at radius 2 is 1.72 bits per heavy atom. The highest BCUT2D eigenvalue weighted by molar-refractivity contribution is 5.95. The molecule has 1 aliphatic carbocycles. The zero-order chi connectivity index (χ0) is 22.2. The molecule has 8 heteroatoms. The van der Waals surface area contributed by atoms with Gasteiger partial charge in [0, 0.05) is 51.5 Å². The van der Waals surface area contributed by atoms with E-state index < -0.39 is 0 Å². The number of hydrogen-bond acceptors (Lipinski definition) is 5. The lowest BCUT2D eigenvalue weighted by molar-refractivity contribution is 0.0661. The van der Waals surface area contributed by atoms with Crippen molar-refractivity contribution < 1.29 is 9.59 Å². The Kier molecular flexibility index (Phi) is 5.71. The van der Waals surface area contributed by atoms with Crippen LogP contribution in [0.25, 0.3) is 0 Å². The molecule has 2 amide bonds. The van der Waals surface area contributed by atoms with Crippen LogP contribution in [-0.2, 0) is 19.9 Å². The van der Waals surface area contributed by atoms with Gasteiger partial charge < -0.3 is 14.7 Å². The number of aryl methyl sites for hydroxylation is 2. The van der Waals surface area contributed by atoms with Crippen molar-refractivity contribution >= 4 is 11.8 Å². The molecular formula is C24H32N6O2. The van der Waals surface area contributed by atoms with Gasteiger partial charge in [-0.05, 0) is 57.7 Å². The molecule has 2 aromatic heterocycles. The summed E-state index contributed by atoms with van der Waals surface area (Å²) in [4.78, 5) is 37.1. The van der Waals surface area contributed by atoms with E-state index in [2.05, 4.69) is 22.0 Å². The first kappa shape index (κ1) is 21.1. The molecule has 32 heavy (non-hydrogen) atoms. The number of aromatic nitrogens is 3. The van der Waals surface area contributed by atoms with E-state index in [4.69, 9.17) is 0 Å². The van der Waals surface area contributed by atoms with Crippen molar-refractivity contribution in [3.05, 3.63) is 46.5 Å². The van der Waals surface area contributed by atoms with Gasteiger partial charge in [0.05, 0.1) is 23.0 Å². The molecule has 2 aliphatic heterocycles. The Bertz CT molecular complexity index is 1010. The third-order valence-electron chi connectivity index (χ3n) is 7.20. The van der Waals surface area contributed by atoms with Crippen molar-refractivity contribution in [1.82, 2.24) is 29.5 Å². The average Bonchev–Trinajstić information content (AvgIpc) is 3.43. The Morgan fingerprint density at radius 1 is 0.938 bits per heavy atom. The van der Waals surface area contributed by atoms with E-state index in [0.717, 1.165) is 93.9 Å². The first-order valence-corrected chi connectivity index (χ1v) is 11.8. The summed E-state index contributed by atoms with van der Waals surface area (Å²) in [6.45, 7) is 4.02. The number of hydrogen-bond donors (Lipinski definition) is 0. The molecule has 0 N–H and O–H groups in total. The minimum Gasteiger partial charge on any atom is -0.336 e. The molecule has 0 aromatic carbocycles. The highest BCUT2D eigenvalue weighted by atomic mass is 16.2. The molecule has 170 valence electrons. The van der Waals surface area contributed by atoms with Crippen molar-refractivity contribution in [3.63, 3.8) is 0 Å². The number of piperazine rings is 1. The summed E-state index contributed by atoms with van der Waals surface area (Å²) in [5.74, 6) is 0.100. The Morgan fingerprint density at radius 3 is 2.47 bits per heavy atom. The smallest absolute Gasteiger partial charge is 0.272 e. The molecule has 8 nitrogen and oxygen atoms in total. The highest BCUT2D eigenvalue weighted by Crippen LogP contribution is 2.34. The lowest BCUT2D eigenvalue weighted by Gasteiger charge is -2.32. The maximum atomic E-state index is 13.6. The fourth-order valence-electron chi connectivity index (χ4n) is 5.32. The molecule has 0 saturated carbocycles. The maximum Gasteiger partial charge on any atom is 0.272 e. The zero-order valence-corrected chi connectivity index (χ0v) is 19.1. The molecule has 0 unspecified atom stereocenters. The molecule has 0 radical (unpaired) electrons. The SMILES string of the molecule is CN1CCN(C(=O)c2ccc([C@@H]3CCCN3C(=O)c3c4c(nn3C)CCCC4)nc2)CC1. The van der Waals surface area contributed by atoms with E-state index in [1.165, 1.54) is 0 Å². The molecular weight excluding hydrogens is 404 g/mol. The standard InChI is InChI=1S/C24H32N6O2/c1-27-12-14-29(15-13-27)23(31)17-9-10-20(25-16-17)21-8-5-11-30(21)24(32)22-18-6-3-4-7-19(18)26-28(22)2/h9-10,16,21H,3-8,11-15H2,1-2H3/t21-/m0/s1. The van der Waals surface area contributed by atoms with Crippen molar-refractivity contribution in [2.75, 3.05) is 39.8 Å². The second-order valence-electron chi connectivity index (χ2n) is 9.33. The van der Waals surface area contributed by atoms with Crippen LogP contribution < -0.4 is 0 Å². The molecule has 2 aromatic rings. The van der Waals surface area contributed by atoms with Gasteiger partial charge in [-0.3, -0.25) is 19.3 Å². The normalized spacial score (nSPS) is 21.6. The highest BCUT2D eigenvalue weighted by Gasteiger charge is 2.35. The number of likely N-dealkylation sites (N-methyl/N-ethyl adjacent to an activating group) is 1. The minimum absolute atomic E-state index is 0.0398. The number of rotatable bonds is 3. The third kappa shape index (κ3) is 3.81. The average molecular weight is 437 g/mol. The predicted octanol–water partition coefficient (Wildman–Crippen LogP) is 2.06. The van der Waals surface area contributed by atoms with E-state index in [-0.39, 0.29) is 17.9 Å². The van der Waals surface area contributed by atoms with Gasteiger partial charge in [-0.1, -0.05) is 0 Å². The van der Waals surface area contributed by atoms with E-state index in [1.54, 1.807) is 10.9 Å². The van der Waals surface area contributed by atoms with Crippen LogP contribution in [0.2, 0.25) is 0 Å². The van der Waals surface area contributed by atoms with Crippen molar-refractivity contribution in [2.45, 2.75) is 44.6 Å². The number of carbonyl (C=O) groups is 2. The Balaban J connectivity index is 1.33. The second kappa shape index (κ2) is 8.65. The number of amides is 2. The molecule has 0 spiro atoms. The molecule has 1 atom stereocenters. The van der Waals surface area contributed by atoms with Gasteiger partial charge in [0.2, 0.25) is 0 Å². The van der Waals surface area contributed by atoms with Crippen LogP contribution in [0.15, 0.2) is 18.3 Å². The number of nitrogens with zero attached hydrogens (tertiary/aromatic N) is 6. The minimum atomic E-state index is -0.0515. The van der Waals surface area contributed by atoms with Gasteiger partial charge >= 0.3 is 0 Å². The summed E-state index contributed by atoms with van der Waals surface area (Å²) in [6, 6.07) is 3.75. The lowest BCUT2D eigenvalue weighted by atomic mass is 9.95. The molecule has 3 aliphatic rings. The van der Waals surface area contributed by atoms with Crippen LogP contribution in [0, 0.1) is 0 Å². The third-order valence-corrected chi connectivity index (χ3v) is 7.20. The molecule has 2 fully saturated rings. The Hall–Kier alpha value is -2.74. The number of likely N-dealkylation sites (tertiary alicyclic amines) is 1. The van der Waals surface area contributed by atoms with Gasteiger partial charge in [0.1, 0.15) is 5.69 Å². The Labute approximate surface area is 189 Å². The summed E-state index contributed by atoms with van der Waals surface area (Å²) in [5, 5.41) is 4.63. The van der Waals surface area contributed by atoms with Crippen molar-refractivity contribution in [1.29, 1.82) is 0 Å². The van der Waals surface area contributed by atoms with E-state index >= 15 is 0 Å². The van der Waals surface area contributed by atoms with Crippen LogP contribution in [0.3, 0.4) is 0 Å². The number of carbonyl (C=O) groups excluding carboxylic acids is 2. The first-order chi connectivity index (χ1) is 15.5. The quantitative estimate of drug-likeness (QED) is 0.736. The summed E-state index contributed by atoms with van der Waals surface area (Å²) >= 11 is 0. The van der Waals surface area contributed by atoms with Crippen LogP contribution in [0.1, 0.15) is 69.5 Å². The molecule has 5 rings (SSSR count). The van der Waals surface area contributed by atoms with E-state index in [9.17, 15) is 9.59 Å². The molecule has 2 saturated heterocycles. The van der Waals surface area contributed by atoms with Crippen LogP contribution in [0.4, 0.5) is 0 Å². The second-order valence-corrected chi connectivity index (χ2v) is 9.33. The molecule has 4 heterocycles. The summed E-state index contributed by atoms with van der Waals surface area (Å²) < 4.78 is 1.78. The largest absolute Gasteiger partial charge is 0.336 e. The predicted molar refractivity (Wildman–Crippen MR) is 120 cm³/mol. The monoisotopic (exact) mass is 436 g/mol. The summed E-state index contributed by atoms with van der Waals surface area (Å²) in [7, 11) is 3.96. The fourth-order valence-corrected chi connectivity index (χ4v) is 5.32. The summed E-state index contributed by atoms with van der Waals surface area (Å²) in [5.41, 5.74) is 4.45. The summed E-state index contributed by atoms with van der Waals surface area (Å²) in [6.07, 6.45) is 7.70. The van der Waals surface area contributed by atoms with Gasteiger partial charge in [0.25, 0.3) is 11.8 Å². The molecule has 0 bridgehead atoms. The van der Waals surface area contributed by atoms with Crippen LogP contribution in [-0.4, -0.2) is 81.1 Å². The van der Waals surface area contributed by atoms with Gasteiger partial charge in [-0.25, -0.2) is 0 Å². The zero-order valence-electron chi connectivity index (χ0n) is 19.1. The lowest BCUT2D eigenvalue weighted by Crippen LogP contribution is -2.47. The van der Waals surface area contributed by atoms with Crippen molar-refractivity contribution in [3.8, 4) is 0 Å². The van der Waals surface area contributed by atoms with Gasteiger partial charge in [-0.15, -0.1) is 0 Å². The topological polar surface area (TPSA) is 74.6 Å². The van der Waals surface area contributed by atoms with Gasteiger partial charge in [-0.2, -0.15) is 5.10 Å². The maximum absolute atomic E-state index is 13.6. The van der Waals surface area contributed by atoms with Crippen molar-refractivity contribution in [2.24, 2.45) is 7.05 Å². The fraction of sp³-hybridized carbons (Fsp3) is 0.583. The van der Waals surface area contributed by atoms with Crippen LogP contribution in [0.5, 0.6) is 0 Å². The van der Waals surface area contributed by atoms with Gasteiger partial charge in [0.15, 0.2) is 0 Å². The first-order valence-electron chi connectivity index (χ1n) is 11.8. The number of fused-ring (bicyclic) bond motifs is 1. The van der Waals surface area contributed by atoms with E-state index in [0.29, 0.717) is 5.56 Å². The van der Waals surface area contributed by atoms with Crippen LogP contribution >= 0.6 is 0 Å².